The highest BCUT2D eigenvalue weighted by atomic mass is 16.6. The Morgan fingerprint density at radius 1 is 0.692 bits per heavy atom. The molecule has 0 unspecified atom stereocenters. The average molecular weight is 376 g/mol. The van der Waals surface area contributed by atoms with Crippen LogP contribution in [-0.2, 0) is 28.7 Å². The number of carbonyl (C=O) groups is 4. The minimum Gasteiger partial charge on any atom is -0.479 e. The van der Waals surface area contributed by atoms with Gasteiger partial charge in [-0.1, -0.05) is 0 Å². The number of esters is 2. The molecule has 10 heteroatoms. The van der Waals surface area contributed by atoms with Crippen molar-refractivity contribution in [3.63, 3.8) is 0 Å². The van der Waals surface area contributed by atoms with Gasteiger partial charge < -0.3 is 31.2 Å². The highest BCUT2D eigenvalue weighted by Crippen LogP contribution is 2.24. The molecule has 0 saturated carbocycles. The lowest BCUT2D eigenvalue weighted by Gasteiger charge is -2.32. The van der Waals surface area contributed by atoms with E-state index >= 15 is 0 Å². The number of hydrogen-bond donors (Lipinski definition) is 4. The van der Waals surface area contributed by atoms with Crippen molar-refractivity contribution in [1.29, 1.82) is 0 Å². The Bertz CT molecular complexity index is 538. The van der Waals surface area contributed by atoms with Gasteiger partial charge in [0, 0.05) is 0 Å². The summed E-state index contributed by atoms with van der Waals surface area (Å²) < 4.78 is 9.96. The lowest BCUT2D eigenvalue weighted by molar-refractivity contribution is -0.174. The second-order valence-electron chi connectivity index (χ2n) is 8.06. The van der Waals surface area contributed by atoms with Crippen molar-refractivity contribution in [1.82, 2.24) is 0 Å². The summed E-state index contributed by atoms with van der Waals surface area (Å²) in [6, 6.07) is 0. The van der Waals surface area contributed by atoms with Crippen molar-refractivity contribution in [2.75, 3.05) is 0 Å². The van der Waals surface area contributed by atoms with E-state index in [1.54, 1.807) is 0 Å². The van der Waals surface area contributed by atoms with Gasteiger partial charge in [0.25, 0.3) is 0 Å². The molecule has 0 aliphatic rings. The summed E-state index contributed by atoms with van der Waals surface area (Å²) in [6.45, 7) is 9.07. The predicted octanol–water partition coefficient (Wildman–Crippen LogP) is 0.0142. The van der Waals surface area contributed by atoms with Crippen LogP contribution in [0, 0.1) is 0 Å². The van der Waals surface area contributed by atoms with Gasteiger partial charge in [-0.3, -0.25) is 0 Å². The van der Waals surface area contributed by atoms with Crippen LogP contribution in [-0.4, -0.2) is 56.4 Å². The summed E-state index contributed by atoms with van der Waals surface area (Å²) in [7, 11) is 0. The van der Waals surface area contributed by atoms with Crippen LogP contribution >= 0.6 is 0 Å². The molecule has 6 N–H and O–H groups in total. The zero-order chi connectivity index (χ0) is 21.1. The van der Waals surface area contributed by atoms with Crippen molar-refractivity contribution in [3.05, 3.63) is 0 Å². The Balaban J connectivity index is 5.59. The summed E-state index contributed by atoms with van der Waals surface area (Å²) >= 11 is 0. The van der Waals surface area contributed by atoms with Crippen molar-refractivity contribution in [2.45, 2.75) is 76.7 Å². The van der Waals surface area contributed by atoms with Gasteiger partial charge in [-0.15, -0.1) is 0 Å². The minimum absolute atomic E-state index is 0.751. The van der Waals surface area contributed by atoms with Crippen LogP contribution in [0.25, 0.3) is 0 Å². The first-order valence-corrected chi connectivity index (χ1v) is 7.86. The molecule has 0 aromatic rings. The number of hydrogen-bond acceptors (Lipinski definition) is 8. The second-order valence-corrected chi connectivity index (χ2v) is 8.06. The lowest BCUT2D eigenvalue weighted by atomic mass is 9.85. The largest absolute Gasteiger partial charge is 0.479 e. The summed E-state index contributed by atoms with van der Waals surface area (Å²) in [5.74, 6) is -6.00. The predicted molar refractivity (Wildman–Crippen MR) is 90.0 cm³/mol. The standard InChI is InChI=1S/C16H28N2O8/c1-13(2,3)25-11(23)15(17,9(19)20)7-8-16(18,10(21)22)12(24)26-14(4,5)6/h7-8,17-18H2,1-6H3,(H,19,20)(H,21,22)/t15-,16-/m0/s1. The number of carboxylic acids is 2. The van der Waals surface area contributed by atoms with Gasteiger partial charge in [-0.2, -0.15) is 0 Å². The van der Waals surface area contributed by atoms with Gasteiger partial charge in [-0.25, -0.2) is 19.2 Å². The molecule has 10 nitrogen and oxygen atoms in total. The number of rotatable bonds is 7. The molecular formula is C16H28N2O8. The summed E-state index contributed by atoms with van der Waals surface area (Å²) in [6.07, 6.45) is -1.50. The Kier molecular flexibility index (Phi) is 6.94. The molecule has 0 bridgehead atoms. The quantitative estimate of drug-likeness (QED) is 0.349. The highest BCUT2D eigenvalue weighted by molar-refractivity contribution is 6.06. The van der Waals surface area contributed by atoms with Gasteiger partial charge in [0.1, 0.15) is 11.2 Å². The maximum Gasteiger partial charge on any atom is 0.338 e. The molecule has 0 aromatic heterocycles. The van der Waals surface area contributed by atoms with Gasteiger partial charge in [-0.05, 0) is 54.4 Å². The Hall–Kier alpha value is -2.20. The van der Waals surface area contributed by atoms with E-state index in [2.05, 4.69) is 0 Å². The average Bonchev–Trinajstić information content (AvgIpc) is 2.39. The SMILES string of the molecule is CC(C)(C)OC(=O)[C@](N)(CC[C@](N)(C(=O)O)C(=O)OC(C)(C)C)C(=O)O. The maximum atomic E-state index is 12.2. The van der Waals surface area contributed by atoms with E-state index in [0.29, 0.717) is 0 Å². The summed E-state index contributed by atoms with van der Waals surface area (Å²) in [5, 5.41) is 18.7. The van der Waals surface area contributed by atoms with E-state index in [1.807, 2.05) is 0 Å². The third-order valence-electron chi connectivity index (χ3n) is 3.20. The Labute approximate surface area is 151 Å². The number of ether oxygens (including phenoxy) is 2. The molecule has 0 fully saturated rings. The van der Waals surface area contributed by atoms with Crippen LogP contribution in [0.5, 0.6) is 0 Å². The molecule has 0 aromatic carbocycles. The van der Waals surface area contributed by atoms with E-state index in [4.69, 9.17) is 20.9 Å². The van der Waals surface area contributed by atoms with Crippen LogP contribution in [0.2, 0.25) is 0 Å². The van der Waals surface area contributed by atoms with Crippen molar-refractivity contribution >= 4 is 23.9 Å². The number of carboxylic acid groups (broad SMARTS) is 2. The second kappa shape index (κ2) is 7.58. The van der Waals surface area contributed by atoms with Crippen LogP contribution in [0.3, 0.4) is 0 Å². The molecule has 0 rings (SSSR count). The van der Waals surface area contributed by atoms with E-state index in [9.17, 15) is 29.4 Å². The molecule has 150 valence electrons. The molecule has 0 aliphatic carbocycles. The molecule has 0 heterocycles. The number of aliphatic carboxylic acids is 2. The van der Waals surface area contributed by atoms with Crippen LogP contribution in [0.4, 0.5) is 0 Å². The molecule has 0 saturated heterocycles. The fourth-order valence-corrected chi connectivity index (χ4v) is 1.73. The monoisotopic (exact) mass is 376 g/mol. The van der Waals surface area contributed by atoms with Gasteiger partial charge in [0.2, 0.25) is 11.1 Å². The Morgan fingerprint density at radius 2 is 0.923 bits per heavy atom. The molecular weight excluding hydrogens is 348 g/mol. The zero-order valence-electron chi connectivity index (χ0n) is 15.9. The molecule has 2 atom stereocenters. The first-order chi connectivity index (χ1) is 11.3. The fraction of sp³-hybridized carbons (Fsp3) is 0.750. The van der Waals surface area contributed by atoms with E-state index in [1.165, 1.54) is 41.5 Å². The molecule has 0 radical (unpaired) electrons. The lowest BCUT2D eigenvalue weighted by Crippen LogP contribution is -2.62. The Morgan fingerprint density at radius 3 is 1.08 bits per heavy atom. The van der Waals surface area contributed by atoms with Crippen LogP contribution < -0.4 is 11.5 Å². The third kappa shape index (κ3) is 6.26. The number of carbonyl (C=O) groups excluding carboxylic acids is 2. The van der Waals surface area contributed by atoms with Crippen molar-refractivity contribution < 1.29 is 38.9 Å². The van der Waals surface area contributed by atoms with E-state index in [0.717, 1.165) is 0 Å². The smallest absolute Gasteiger partial charge is 0.338 e. The third-order valence-corrected chi connectivity index (χ3v) is 3.20. The number of nitrogens with two attached hydrogens (primary N) is 2. The zero-order valence-corrected chi connectivity index (χ0v) is 15.9. The van der Waals surface area contributed by atoms with E-state index in [-0.39, 0.29) is 0 Å². The summed E-state index contributed by atoms with van der Waals surface area (Å²) in [5.41, 5.74) is 4.12. The maximum absolute atomic E-state index is 12.2. The molecule has 0 amide bonds. The van der Waals surface area contributed by atoms with Gasteiger partial charge >= 0.3 is 23.9 Å². The van der Waals surface area contributed by atoms with Crippen molar-refractivity contribution in [3.8, 4) is 0 Å². The van der Waals surface area contributed by atoms with E-state index < -0.39 is 59.0 Å². The van der Waals surface area contributed by atoms with Crippen molar-refractivity contribution in [2.24, 2.45) is 11.5 Å². The van der Waals surface area contributed by atoms with Crippen LogP contribution in [0.15, 0.2) is 0 Å². The normalized spacial score (nSPS) is 16.8. The first-order valence-electron chi connectivity index (χ1n) is 7.86. The van der Waals surface area contributed by atoms with Crippen LogP contribution in [0.1, 0.15) is 54.4 Å². The first kappa shape index (κ1) is 23.8. The van der Waals surface area contributed by atoms with Gasteiger partial charge in [0.15, 0.2) is 0 Å². The molecule has 0 spiro atoms. The summed E-state index contributed by atoms with van der Waals surface area (Å²) in [4.78, 5) is 47.4. The fourth-order valence-electron chi connectivity index (χ4n) is 1.73. The highest BCUT2D eigenvalue weighted by Gasteiger charge is 2.51. The van der Waals surface area contributed by atoms with Gasteiger partial charge in [0.05, 0.1) is 0 Å². The topological polar surface area (TPSA) is 179 Å². The molecule has 26 heavy (non-hydrogen) atoms. The minimum atomic E-state index is -2.57. The molecule has 0 aliphatic heterocycles.